The minimum Gasteiger partial charge on any atom is -0.392 e. The molecule has 1 aliphatic rings. The summed E-state index contributed by atoms with van der Waals surface area (Å²) in [6.07, 6.45) is 0.997. The van der Waals surface area contributed by atoms with Crippen LogP contribution in [-0.2, 0) is 0 Å². The second kappa shape index (κ2) is 4.94. The van der Waals surface area contributed by atoms with E-state index in [1.54, 1.807) is 0 Å². The van der Waals surface area contributed by atoms with Crippen LogP contribution in [0, 0.1) is 0 Å². The lowest BCUT2D eigenvalue weighted by Crippen LogP contribution is -2.42. The Morgan fingerprint density at radius 2 is 1.77 bits per heavy atom. The molecule has 1 N–H and O–H groups in total. The predicted molar refractivity (Wildman–Crippen MR) is 54.8 cm³/mol. The van der Waals surface area contributed by atoms with Crippen molar-refractivity contribution in [1.29, 1.82) is 0 Å². The van der Waals surface area contributed by atoms with E-state index in [1.807, 2.05) is 6.92 Å². The maximum atomic E-state index is 9.48. The zero-order valence-corrected chi connectivity index (χ0v) is 9.03. The minimum absolute atomic E-state index is 0.219. The lowest BCUT2D eigenvalue weighted by molar-refractivity contribution is 0.0734. The third-order valence-electron chi connectivity index (χ3n) is 3.03. The monoisotopic (exact) mass is 186 g/mol. The van der Waals surface area contributed by atoms with E-state index in [1.165, 1.54) is 13.0 Å². The van der Waals surface area contributed by atoms with Crippen LogP contribution in [0.15, 0.2) is 0 Å². The Labute approximate surface area is 81.3 Å². The SMILES string of the molecule is CC(O)C(C)N1CCCN(C)CC1. The van der Waals surface area contributed by atoms with Gasteiger partial charge in [-0.25, -0.2) is 0 Å². The summed E-state index contributed by atoms with van der Waals surface area (Å²) in [6.45, 7) is 8.49. The van der Waals surface area contributed by atoms with E-state index in [4.69, 9.17) is 0 Å². The highest BCUT2D eigenvalue weighted by Crippen LogP contribution is 2.08. The van der Waals surface area contributed by atoms with Crippen molar-refractivity contribution in [2.24, 2.45) is 0 Å². The van der Waals surface area contributed by atoms with Gasteiger partial charge in [-0.2, -0.15) is 0 Å². The first kappa shape index (κ1) is 11.0. The smallest absolute Gasteiger partial charge is 0.0664 e. The van der Waals surface area contributed by atoms with Gasteiger partial charge < -0.3 is 10.0 Å². The van der Waals surface area contributed by atoms with Gasteiger partial charge in [0.15, 0.2) is 0 Å². The molecule has 1 aliphatic heterocycles. The summed E-state index contributed by atoms with van der Waals surface area (Å²) in [4.78, 5) is 4.74. The Morgan fingerprint density at radius 1 is 1.08 bits per heavy atom. The van der Waals surface area contributed by atoms with Crippen molar-refractivity contribution in [1.82, 2.24) is 9.80 Å². The molecule has 0 aromatic heterocycles. The first-order valence-corrected chi connectivity index (χ1v) is 5.22. The Bertz CT molecular complexity index is 150. The summed E-state index contributed by atoms with van der Waals surface area (Å²) in [7, 11) is 2.16. The summed E-state index contributed by atoms with van der Waals surface area (Å²) in [5.41, 5.74) is 0. The van der Waals surface area contributed by atoms with Crippen LogP contribution < -0.4 is 0 Å². The fourth-order valence-corrected chi connectivity index (χ4v) is 1.78. The van der Waals surface area contributed by atoms with E-state index < -0.39 is 0 Å². The second-order valence-electron chi connectivity index (χ2n) is 4.17. The average Bonchev–Trinajstić information content (AvgIpc) is 2.28. The van der Waals surface area contributed by atoms with Gasteiger partial charge in [0.1, 0.15) is 0 Å². The molecule has 1 saturated heterocycles. The maximum Gasteiger partial charge on any atom is 0.0664 e. The molecule has 1 heterocycles. The zero-order chi connectivity index (χ0) is 9.84. The predicted octanol–water partition coefficient (Wildman–Crippen LogP) is 0.393. The van der Waals surface area contributed by atoms with Crippen LogP contribution in [0.1, 0.15) is 20.3 Å². The molecule has 0 radical (unpaired) electrons. The normalized spacial score (nSPS) is 26.8. The molecule has 2 atom stereocenters. The lowest BCUT2D eigenvalue weighted by atomic mass is 10.2. The third-order valence-corrected chi connectivity index (χ3v) is 3.03. The lowest BCUT2D eigenvalue weighted by Gasteiger charge is -2.29. The first-order chi connectivity index (χ1) is 6.11. The molecule has 3 nitrogen and oxygen atoms in total. The van der Waals surface area contributed by atoms with Crippen LogP contribution in [-0.4, -0.2) is 60.3 Å². The van der Waals surface area contributed by atoms with E-state index in [2.05, 4.69) is 23.8 Å². The Hall–Kier alpha value is -0.120. The van der Waals surface area contributed by atoms with Gasteiger partial charge in [-0.15, -0.1) is 0 Å². The van der Waals surface area contributed by atoms with Crippen LogP contribution in [0.2, 0.25) is 0 Å². The topological polar surface area (TPSA) is 26.7 Å². The standard InChI is InChI=1S/C10H22N2O/c1-9(10(2)13)12-6-4-5-11(3)7-8-12/h9-10,13H,4-8H2,1-3H3. The van der Waals surface area contributed by atoms with E-state index in [-0.39, 0.29) is 6.10 Å². The van der Waals surface area contributed by atoms with Crippen molar-refractivity contribution < 1.29 is 5.11 Å². The quantitative estimate of drug-likeness (QED) is 0.676. The molecule has 1 fully saturated rings. The average molecular weight is 186 g/mol. The number of hydrogen-bond acceptors (Lipinski definition) is 3. The second-order valence-corrected chi connectivity index (χ2v) is 4.17. The molecule has 0 amide bonds. The van der Waals surface area contributed by atoms with Crippen LogP contribution in [0.25, 0.3) is 0 Å². The Morgan fingerprint density at radius 3 is 2.38 bits per heavy atom. The molecule has 2 unspecified atom stereocenters. The summed E-state index contributed by atoms with van der Waals surface area (Å²) in [6, 6.07) is 0.298. The number of aliphatic hydroxyl groups is 1. The van der Waals surface area contributed by atoms with Gasteiger partial charge in [-0.05, 0) is 40.4 Å². The van der Waals surface area contributed by atoms with E-state index >= 15 is 0 Å². The molecule has 0 bridgehead atoms. The zero-order valence-electron chi connectivity index (χ0n) is 9.03. The largest absolute Gasteiger partial charge is 0.392 e. The molecule has 13 heavy (non-hydrogen) atoms. The van der Waals surface area contributed by atoms with Crippen molar-refractivity contribution in [2.45, 2.75) is 32.4 Å². The fourth-order valence-electron chi connectivity index (χ4n) is 1.78. The Kier molecular flexibility index (Phi) is 4.16. The number of hydrogen-bond donors (Lipinski definition) is 1. The van der Waals surface area contributed by atoms with Gasteiger partial charge in [0.05, 0.1) is 6.10 Å². The molecule has 0 aromatic carbocycles. The van der Waals surface area contributed by atoms with Crippen molar-refractivity contribution in [2.75, 3.05) is 33.2 Å². The van der Waals surface area contributed by atoms with Crippen molar-refractivity contribution >= 4 is 0 Å². The number of rotatable bonds is 2. The third kappa shape index (κ3) is 3.25. The molecule has 0 saturated carbocycles. The minimum atomic E-state index is -0.219. The summed E-state index contributed by atoms with van der Waals surface area (Å²) in [5.74, 6) is 0. The van der Waals surface area contributed by atoms with Crippen LogP contribution >= 0.6 is 0 Å². The summed E-state index contributed by atoms with van der Waals surface area (Å²) < 4.78 is 0. The van der Waals surface area contributed by atoms with Crippen molar-refractivity contribution in [3.63, 3.8) is 0 Å². The maximum absolute atomic E-state index is 9.48. The van der Waals surface area contributed by atoms with Crippen molar-refractivity contribution in [3.05, 3.63) is 0 Å². The van der Waals surface area contributed by atoms with Crippen LogP contribution in [0.5, 0.6) is 0 Å². The molecule has 78 valence electrons. The molecule has 0 aliphatic carbocycles. The van der Waals surface area contributed by atoms with E-state index in [9.17, 15) is 5.11 Å². The number of nitrogens with zero attached hydrogens (tertiary/aromatic N) is 2. The van der Waals surface area contributed by atoms with Gasteiger partial charge in [-0.3, -0.25) is 4.90 Å². The summed E-state index contributed by atoms with van der Waals surface area (Å²) >= 11 is 0. The highest BCUT2D eigenvalue weighted by atomic mass is 16.3. The van der Waals surface area contributed by atoms with Gasteiger partial charge in [-0.1, -0.05) is 0 Å². The number of likely N-dealkylation sites (N-methyl/N-ethyl adjacent to an activating group) is 1. The summed E-state index contributed by atoms with van der Waals surface area (Å²) in [5, 5.41) is 9.48. The highest BCUT2D eigenvalue weighted by Gasteiger charge is 2.20. The molecular weight excluding hydrogens is 164 g/mol. The molecular formula is C10H22N2O. The van der Waals surface area contributed by atoms with Crippen LogP contribution in [0.3, 0.4) is 0 Å². The van der Waals surface area contributed by atoms with Crippen molar-refractivity contribution in [3.8, 4) is 0 Å². The molecule has 0 aromatic rings. The highest BCUT2D eigenvalue weighted by molar-refractivity contribution is 4.75. The van der Waals surface area contributed by atoms with Gasteiger partial charge >= 0.3 is 0 Å². The van der Waals surface area contributed by atoms with Gasteiger partial charge in [0.2, 0.25) is 0 Å². The first-order valence-electron chi connectivity index (χ1n) is 5.22. The van der Waals surface area contributed by atoms with Crippen LogP contribution in [0.4, 0.5) is 0 Å². The molecule has 3 heteroatoms. The van der Waals surface area contributed by atoms with E-state index in [0.717, 1.165) is 19.6 Å². The van der Waals surface area contributed by atoms with Gasteiger partial charge in [0.25, 0.3) is 0 Å². The fraction of sp³-hybridized carbons (Fsp3) is 1.00. The van der Waals surface area contributed by atoms with Gasteiger partial charge in [0, 0.05) is 19.1 Å². The Balaban J connectivity index is 2.41. The molecule has 1 rings (SSSR count). The number of aliphatic hydroxyl groups excluding tert-OH is 1. The van der Waals surface area contributed by atoms with E-state index in [0.29, 0.717) is 6.04 Å². The molecule has 0 spiro atoms.